The Hall–Kier alpha value is -3.15. The molecule has 3 rings (SSSR count). The minimum absolute atomic E-state index is 0.122. The van der Waals surface area contributed by atoms with Crippen molar-refractivity contribution in [3.63, 3.8) is 0 Å². The van der Waals surface area contributed by atoms with Gasteiger partial charge >= 0.3 is 5.91 Å². The molecule has 2 N–H and O–H groups in total. The quantitative estimate of drug-likeness (QED) is 0.662. The molecule has 6 nitrogen and oxygen atoms in total. The normalized spacial score (nSPS) is 11.5. The van der Waals surface area contributed by atoms with Gasteiger partial charge in [0.25, 0.3) is 0 Å². The third-order valence-electron chi connectivity index (χ3n) is 3.83. The van der Waals surface area contributed by atoms with Gasteiger partial charge in [0.2, 0.25) is 5.88 Å². The first-order valence-corrected chi connectivity index (χ1v) is 8.01. The Morgan fingerprint density at radius 1 is 1.16 bits per heavy atom. The Labute approximate surface area is 145 Å². The van der Waals surface area contributed by atoms with E-state index in [2.05, 4.69) is 29.1 Å². The van der Waals surface area contributed by atoms with Crippen LogP contribution in [0.15, 0.2) is 58.8 Å². The van der Waals surface area contributed by atoms with Crippen LogP contribution >= 0.6 is 0 Å². The zero-order valence-electron chi connectivity index (χ0n) is 14.1. The fraction of sp³-hybridized carbons (Fsp3) is 0.211. The van der Waals surface area contributed by atoms with Crippen LogP contribution in [0, 0.1) is 0 Å². The molecular formula is C19H19N3O3. The van der Waals surface area contributed by atoms with Gasteiger partial charge in [-0.25, -0.2) is 0 Å². The van der Waals surface area contributed by atoms with Crippen molar-refractivity contribution in [2.45, 2.75) is 19.8 Å². The molecule has 0 saturated heterocycles. The number of hydrogen-bond donors (Lipinski definition) is 2. The van der Waals surface area contributed by atoms with Gasteiger partial charge < -0.3 is 14.8 Å². The predicted octanol–water partition coefficient (Wildman–Crippen LogP) is 4.69. The molecule has 0 fully saturated rings. The van der Waals surface area contributed by atoms with Crippen molar-refractivity contribution in [1.29, 1.82) is 0 Å². The summed E-state index contributed by atoms with van der Waals surface area (Å²) in [4.78, 5) is 14.6. The second-order valence-corrected chi connectivity index (χ2v) is 5.97. The molecule has 6 heteroatoms. The standard InChI is InChI=1S/C19H19N3O3/c1-12(2)13-7-9-14(10-8-13)25-11-17(23)21-22-18-15-5-3-4-6-16(15)20-19(18)24/h3-10,12,20,24H,11H2,1-2H3. The molecule has 0 unspecified atom stereocenters. The SMILES string of the molecule is CC(C)c1ccc(OCC(=O)N=Nc2c(O)[nH]c3ccccc23)cc1. The van der Waals surface area contributed by atoms with E-state index in [1.807, 2.05) is 36.4 Å². The molecule has 1 heterocycles. The molecule has 0 saturated carbocycles. The van der Waals surface area contributed by atoms with E-state index in [0.717, 1.165) is 5.52 Å². The number of H-pyrrole nitrogens is 1. The molecule has 0 aliphatic carbocycles. The van der Waals surface area contributed by atoms with Crippen molar-refractivity contribution < 1.29 is 14.6 Å². The van der Waals surface area contributed by atoms with Gasteiger partial charge in [-0.15, -0.1) is 10.2 Å². The summed E-state index contributed by atoms with van der Waals surface area (Å²) in [5.74, 6) is 0.386. The second-order valence-electron chi connectivity index (χ2n) is 5.97. The van der Waals surface area contributed by atoms with Crippen molar-refractivity contribution in [1.82, 2.24) is 4.98 Å². The Kier molecular flexibility index (Phi) is 4.79. The van der Waals surface area contributed by atoms with Crippen molar-refractivity contribution in [3.05, 3.63) is 54.1 Å². The molecule has 2 aromatic carbocycles. The van der Waals surface area contributed by atoms with E-state index in [9.17, 15) is 9.90 Å². The first-order valence-electron chi connectivity index (χ1n) is 8.01. The maximum absolute atomic E-state index is 11.9. The van der Waals surface area contributed by atoms with Crippen LogP contribution in [-0.4, -0.2) is 22.6 Å². The van der Waals surface area contributed by atoms with Gasteiger partial charge in [0.05, 0.1) is 5.52 Å². The molecule has 3 aromatic rings. The number of carbonyl (C=O) groups excluding carboxylic acids is 1. The zero-order valence-corrected chi connectivity index (χ0v) is 14.1. The van der Waals surface area contributed by atoms with E-state index in [-0.39, 0.29) is 18.2 Å². The number of benzene rings is 2. The number of ether oxygens (including phenoxy) is 1. The summed E-state index contributed by atoms with van der Waals surface area (Å²) in [6.07, 6.45) is 0. The summed E-state index contributed by atoms with van der Waals surface area (Å²) in [7, 11) is 0. The number of hydrogen-bond acceptors (Lipinski definition) is 4. The molecule has 1 aromatic heterocycles. The lowest BCUT2D eigenvalue weighted by atomic mass is 10.0. The molecule has 0 atom stereocenters. The minimum Gasteiger partial charge on any atom is -0.493 e. The van der Waals surface area contributed by atoms with Crippen LogP contribution in [0.4, 0.5) is 5.69 Å². The van der Waals surface area contributed by atoms with Crippen LogP contribution in [0.25, 0.3) is 10.9 Å². The van der Waals surface area contributed by atoms with Crippen LogP contribution in [0.1, 0.15) is 25.3 Å². The van der Waals surface area contributed by atoms with E-state index < -0.39 is 5.91 Å². The molecule has 1 amide bonds. The topological polar surface area (TPSA) is 87.0 Å². The Bertz CT molecular complexity index is 911. The molecule has 0 spiro atoms. The molecule has 128 valence electrons. The fourth-order valence-corrected chi connectivity index (χ4v) is 2.44. The average molecular weight is 337 g/mol. The number of amides is 1. The van der Waals surface area contributed by atoms with Crippen LogP contribution in [0.2, 0.25) is 0 Å². The molecule has 25 heavy (non-hydrogen) atoms. The molecule has 0 bridgehead atoms. The summed E-state index contributed by atoms with van der Waals surface area (Å²) in [5.41, 5.74) is 2.17. The monoisotopic (exact) mass is 337 g/mol. The number of para-hydroxylation sites is 1. The predicted molar refractivity (Wildman–Crippen MR) is 95.5 cm³/mol. The lowest BCUT2D eigenvalue weighted by molar-refractivity contribution is -0.120. The fourth-order valence-electron chi connectivity index (χ4n) is 2.44. The number of fused-ring (bicyclic) bond motifs is 1. The minimum atomic E-state index is -0.530. The number of aromatic amines is 1. The van der Waals surface area contributed by atoms with Crippen LogP contribution in [0.3, 0.4) is 0 Å². The Balaban J connectivity index is 1.64. The van der Waals surface area contributed by atoms with Crippen LogP contribution < -0.4 is 4.74 Å². The molecular weight excluding hydrogens is 318 g/mol. The number of aromatic nitrogens is 1. The first-order chi connectivity index (χ1) is 12.0. The second kappa shape index (κ2) is 7.17. The average Bonchev–Trinajstić information content (AvgIpc) is 2.93. The summed E-state index contributed by atoms with van der Waals surface area (Å²) < 4.78 is 5.42. The summed E-state index contributed by atoms with van der Waals surface area (Å²) >= 11 is 0. The lowest BCUT2D eigenvalue weighted by Crippen LogP contribution is -2.07. The maximum Gasteiger partial charge on any atom is 0.302 e. The highest BCUT2D eigenvalue weighted by molar-refractivity contribution is 5.94. The largest absolute Gasteiger partial charge is 0.493 e. The van der Waals surface area contributed by atoms with Crippen molar-refractivity contribution in [3.8, 4) is 11.6 Å². The van der Waals surface area contributed by atoms with Gasteiger partial charge in [-0.2, -0.15) is 0 Å². The van der Waals surface area contributed by atoms with Crippen molar-refractivity contribution in [2.24, 2.45) is 10.2 Å². The number of carbonyl (C=O) groups is 1. The van der Waals surface area contributed by atoms with Gasteiger partial charge in [0, 0.05) is 5.39 Å². The highest BCUT2D eigenvalue weighted by Crippen LogP contribution is 2.35. The summed E-state index contributed by atoms with van der Waals surface area (Å²) in [6, 6.07) is 14.8. The number of nitrogens with one attached hydrogen (secondary N) is 1. The maximum atomic E-state index is 11.9. The summed E-state index contributed by atoms with van der Waals surface area (Å²) in [6.45, 7) is 4.01. The third-order valence-corrected chi connectivity index (χ3v) is 3.83. The van der Waals surface area contributed by atoms with E-state index in [1.54, 1.807) is 12.1 Å². The van der Waals surface area contributed by atoms with Crippen LogP contribution in [-0.2, 0) is 4.79 Å². The van der Waals surface area contributed by atoms with Crippen molar-refractivity contribution in [2.75, 3.05) is 6.61 Å². The third kappa shape index (κ3) is 3.85. The highest BCUT2D eigenvalue weighted by Gasteiger charge is 2.10. The van der Waals surface area contributed by atoms with Gasteiger partial charge in [0.1, 0.15) is 5.75 Å². The number of rotatable bonds is 5. The number of aromatic hydroxyl groups is 1. The molecule has 0 aliphatic rings. The van der Waals surface area contributed by atoms with Crippen molar-refractivity contribution >= 4 is 22.5 Å². The Morgan fingerprint density at radius 2 is 1.88 bits per heavy atom. The van der Waals surface area contributed by atoms with E-state index in [4.69, 9.17) is 4.74 Å². The van der Waals surface area contributed by atoms with Gasteiger partial charge in [-0.05, 0) is 29.7 Å². The van der Waals surface area contributed by atoms with Crippen LogP contribution in [0.5, 0.6) is 11.6 Å². The number of azo groups is 1. The molecule has 0 radical (unpaired) electrons. The van der Waals surface area contributed by atoms with E-state index >= 15 is 0 Å². The van der Waals surface area contributed by atoms with E-state index in [1.165, 1.54) is 5.56 Å². The van der Waals surface area contributed by atoms with Gasteiger partial charge in [0.15, 0.2) is 12.3 Å². The highest BCUT2D eigenvalue weighted by atomic mass is 16.5. The van der Waals surface area contributed by atoms with Gasteiger partial charge in [-0.1, -0.05) is 44.2 Å². The summed E-state index contributed by atoms with van der Waals surface area (Å²) in [5, 5.41) is 18.0. The van der Waals surface area contributed by atoms with Gasteiger partial charge in [-0.3, -0.25) is 4.79 Å². The molecule has 0 aliphatic heterocycles. The lowest BCUT2D eigenvalue weighted by Gasteiger charge is -2.07. The smallest absolute Gasteiger partial charge is 0.302 e. The zero-order chi connectivity index (χ0) is 17.8. The number of nitrogens with zero attached hydrogens (tertiary/aromatic N) is 2. The first kappa shape index (κ1) is 16.7. The van der Waals surface area contributed by atoms with E-state index in [0.29, 0.717) is 17.1 Å². The Morgan fingerprint density at radius 3 is 2.60 bits per heavy atom.